The average molecular weight is 283 g/mol. The summed E-state index contributed by atoms with van der Waals surface area (Å²) in [6.45, 7) is 8.29. The molecule has 0 aliphatic heterocycles. The molecule has 3 N–H and O–H groups in total. The van der Waals surface area contributed by atoms with Gasteiger partial charge in [-0.25, -0.2) is 4.39 Å². The highest BCUT2D eigenvalue weighted by Gasteiger charge is 2.06. The highest BCUT2D eigenvalue weighted by molar-refractivity contribution is 7.80. The highest BCUT2D eigenvalue weighted by atomic mass is 32.1. The van der Waals surface area contributed by atoms with Gasteiger partial charge in [0.05, 0.1) is 0 Å². The molecule has 0 aliphatic rings. The first-order chi connectivity index (χ1) is 9.08. The van der Waals surface area contributed by atoms with Crippen LogP contribution in [0.15, 0.2) is 18.2 Å². The van der Waals surface area contributed by atoms with Gasteiger partial charge in [0.2, 0.25) is 0 Å². The Balaban J connectivity index is 2.51. The third-order valence-corrected chi connectivity index (χ3v) is 3.33. The van der Waals surface area contributed by atoms with Gasteiger partial charge in [0.1, 0.15) is 10.8 Å². The molecule has 0 unspecified atom stereocenters. The summed E-state index contributed by atoms with van der Waals surface area (Å²) >= 11 is 4.93. The van der Waals surface area contributed by atoms with Crippen LogP contribution < -0.4 is 11.1 Å². The number of hydrogen-bond acceptors (Lipinski definition) is 3. The van der Waals surface area contributed by atoms with Gasteiger partial charge in [-0.2, -0.15) is 0 Å². The molecule has 0 bridgehead atoms. The molecule has 5 heteroatoms. The fraction of sp³-hybridized carbons (Fsp3) is 0.500. The number of hydrogen-bond donors (Lipinski definition) is 2. The minimum atomic E-state index is -0.323. The van der Waals surface area contributed by atoms with Gasteiger partial charge >= 0.3 is 0 Å². The van der Waals surface area contributed by atoms with Gasteiger partial charge in [-0.15, -0.1) is 0 Å². The Kier molecular flexibility index (Phi) is 6.73. The molecule has 1 rings (SSSR count). The van der Waals surface area contributed by atoms with Crippen LogP contribution in [0.3, 0.4) is 0 Å². The van der Waals surface area contributed by atoms with E-state index in [0.717, 1.165) is 38.3 Å². The fourth-order valence-electron chi connectivity index (χ4n) is 1.94. The van der Waals surface area contributed by atoms with Crippen LogP contribution in [0.2, 0.25) is 0 Å². The van der Waals surface area contributed by atoms with Crippen LogP contribution in [0.1, 0.15) is 25.8 Å². The molecule has 1 aromatic carbocycles. The topological polar surface area (TPSA) is 41.3 Å². The first kappa shape index (κ1) is 15.9. The number of halogens is 1. The molecule has 19 heavy (non-hydrogen) atoms. The number of rotatable bonds is 8. The Bertz CT molecular complexity index is 419. The summed E-state index contributed by atoms with van der Waals surface area (Å²) in [7, 11) is 0. The number of nitrogens with one attached hydrogen (secondary N) is 1. The summed E-state index contributed by atoms with van der Waals surface area (Å²) in [4.78, 5) is 2.58. The van der Waals surface area contributed by atoms with Gasteiger partial charge in [-0.1, -0.05) is 26.1 Å². The van der Waals surface area contributed by atoms with E-state index in [1.807, 2.05) is 0 Å². The largest absolute Gasteiger partial charge is 0.389 e. The predicted molar refractivity (Wildman–Crippen MR) is 83.2 cm³/mol. The van der Waals surface area contributed by atoms with Gasteiger partial charge < -0.3 is 16.0 Å². The molecule has 0 aromatic heterocycles. The monoisotopic (exact) mass is 283 g/mol. The van der Waals surface area contributed by atoms with Crippen LogP contribution in [0.5, 0.6) is 0 Å². The van der Waals surface area contributed by atoms with Gasteiger partial charge in [0.25, 0.3) is 0 Å². The summed E-state index contributed by atoms with van der Waals surface area (Å²) in [6.07, 6.45) is 1.02. The van der Waals surface area contributed by atoms with Gasteiger partial charge in [0.15, 0.2) is 0 Å². The first-order valence-corrected chi connectivity index (χ1v) is 7.04. The Hall–Kier alpha value is -1.20. The molecule has 0 saturated heterocycles. The zero-order valence-corrected chi connectivity index (χ0v) is 12.4. The number of nitrogens with two attached hydrogens (primary N) is 1. The maximum absolute atomic E-state index is 13.1. The van der Waals surface area contributed by atoms with Crippen molar-refractivity contribution in [2.75, 3.05) is 31.5 Å². The van der Waals surface area contributed by atoms with E-state index >= 15 is 0 Å². The van der Waals surface area contributed by atoms with Crippen molar-refractivity contribution in [1.29, 1.82) is 0 Å². The first-order valence-electron chi connectivity index (χ1n) is 6.64. The van der Waals surface area contributed by atoms with Crippen molar-refractivity contribution in [3.63, 3.8) is 0 Å². The molecular weight excluding hydrogens is 261 g/mol. The molecule has 0 atom stereocenters. The van der Waals surface area contributed by atoms with Crippen LogP contribution in [0, 0.1) is 5.82 Å². The molecule has 3 nitrogen and oxygen atoms in total. The molecule has 0 fully saturated rings. The fourth-order valence-corrected chi connectivity index (χ4v) is 2.11. The molecule has 0 heterocycles. The van der Waals surface area contributed by atoms with E-state index in [-0.39, 0.29) is 10.8 Å². The summed E-state index contributed by atoms with van der Waals surface area (Å²) < 4.78 is 13.1. The molecule has 0 spiro atoms. The van der Waals surface area contributed by atoms with Crippen LogP contribution in [-0.4, -0.2) is 36.1 Å². The highest BCUT2D eigenvalue weighted by Crippen LogP contribution is 2.16. The van der Waals surface area contributed by atoms with Crippen LogP contribution in [0.4, 0.5) is 10.1 Å². The van der Waals surface area contributed by atoms with Crippen molar-refractivity contribution in [2.45, 2.75) is 20.3 Å². The summed E-state index contributed by atoms with van der Waals surface area (Å²) in [6, 6.07) is 4.46. The normalized spacial score (nSPS) is 10.7. The van der Waals surface area contributed by atoms with E-state index in [4.69, 9.17) is 18.0 Å². The van der Waals surface area contributed by atoms with Crippen LogP contribution >= 0.6 is 12.2 Å². The standard InChI is InChI=1S/C14H22FN3S/c1-3-18(4-2)9-5-8-17-13-7-6-11(15)10-12(13)14(16)19/h6-7,10,17H,3-5,8-9H2,1-2H3,(H2,16,19). The number of nitrogens with zero attached hydrogens (tertiary/aromatic N) is 1. The van der Waals surface area contributed by atoms with Crippen molar-refractivity contribution >= 4 is 22.9 Å². The molecule has 0 aliphatic carbocycles. The van der Waals surface area contributed by atoms with Gasteiger partial charge in [0, 0.05) is 17.8 Å². The smallest absolute Gasteiger partial charge is 0.124 e. The molecule has 106 valence electrons. The molecule has 0 saturated carbocycles. The summed E-state index contributed by atoms with van der Waals surface area (Å²) in [5.74, 6) is -0.323. The Labute approximate surface area is 120 Å². The van der Waals surface area contributed by atoms with Crippen molar-refractivity contribution in [1.82, 2.24) is 4.90 Å². The lowest BCUT2D eigenvalue weighted by atomic mass is 10.1. The number of benzene rings is 1. The van der Waals surface area contributed by atoms with E-state index in [0.29, 0.717) is 5.56 Å². The van der Waals surface area contributed by atoms with Crippen molar-refractivity contribution in [3.05, 3.63) is 29.6 Å². The Morgan fingerprint density at radius 1 is 1.37 bits per heavy atom. The lowest BCUT2D eigenvalue weighted by Crippen LogP contribution is -2.25. The van der Waals surface area contributed by atoms with Crippen molar-refractivity contribution in [3.8, 4) is 0 Å². The van der Waals surface area contributed by atoms with E-state index in [1.54, 1.807) is 6.07 Å². The van der Waals surface area contributed by atoms with Crippen molar-refractivity contribution in [2.24, 2.45) is 5.73 Å². The second-order valence-corrected chi connectivity index (χ2v) is 4.80. The Morgan fingerprint density at radius 2 is 2.05 bits per heavy atom. The number of thiocarbonyl (C=S) groups is 1. The maximum atomic E-state index is 13.1. The summed E-state index contributed by atoms with van der Waals surface area (Å²) in [5, 5.41) is 3.26. The molecule has 1 aromatic rings. The molecular formula is C14H22FN3S. The maximum Gasteiger partial charge on any atom is 0.124 e. The SMILES string of the molecule is CCN(CC)CCCNc1ccc(F)cc1C(N)=S. The second kappa shape index (κ2) is 8.07. The lowest BCUT2D eigenvalue weighted by Gasteiger charge is -2.18. The lowest BCUT2D eigenvalue weighted by molar-refractivity contribution is 0.303. The molecule has 0 amide bonds. The minimum Gasteiger partial charge on any atom is -0.389 e. The second-order valence-electron chi connectivity index (χ2n) is 4.36. The third kappa shape index (κ3) is 5.12. The quantitative estimate of drug-likeness (QED) is 0.568. The summed E-state index contributed by atoms with van der Waals surface area (Å²) in [5.41, 5.74) is 6.96. The molecule has 0 radical (unpaired) electrons. The third-order valence-electron chi connectivity index (χ3n) is 3.11. The van der Waals surface area contributed by atoms with Crippen LogP contribution in [-0.2, 0) is 0 Å². The van der Waals surface area contributed by atoms with E-state index in [1.165, 1.54) is 12.1 Å². The average Bonchev–Trinajstić information content (AvgIpc) is 2.40. The van der Waals surface area contributed by atoms with Gasteiger partial charge in [-0.05, 0) is 44.3 Å². The van der Waals surface area contributed by atoms with Gasteiger partial charge in [-0.3, -0.25) is 0 Å². The van der Waals surface area contributed by atoms with E-state index in [2.05, 4.69) is 24.1 Å². The van der Waals surface area contributed by atoms with E-state index in [9.17, 15) is 4.39 Å². The predicted octanol–water partition coefficient (Wildman–Crippen LogP) is 2.60. The van der Waals surface area contributed by atoms with Crippen molar-refractivity contribution < 1.29 is 4.39 Å². The zero-order valence-electron chi connectivity index (χ0n) is 11.6. The number of anilines is 1. The Morgan fingerprint density at radius 3 is 2.63 bits per heavy atom. The van der Waals surface area contributed by atoms with Crippen LogP contribution in [0.25, 0.3) is 0 Å². The van der Waals surface area contributed by atoms with E-state index < -0.39 is 0 Å². The zero-order chi connectivity index (χ0) is 14.3. The minimum absolute atomic E-state index is 0.214.